The number of hydrogen-bond donors (Lipinski definition) is 3. The minimum Gasteiger partial charge on any atom is -0.338 e. The van der Waals surface area contributed by atoms with Gasteiger partial charge in [0.1, 0.15) is 0 Å². The second-order valence-electron chi connectivity index (χ2n) is 8.71. The molecule has 3 N–H and O–H groups in total. The number of urea groups is 1. The van der Waals surface area contributed by atoms with Crippen LogP contribution in [0.15, 0.2) is 23.2 Å². The topological polar surface area (TPSA) is 100 Å². The Hall–Kier alpha value is -2.19. The highest BCUT2D eigenvalue weighted by molar-refractivity contribution is 7.89. The maximum atomic E-state index is 13.2. The largest absolute Gasteiger partial charge is 0.338 e. The molecule has 4 rings (SSSR count). The number of amides is 2. The van der Waals surface area contributed by atoms with Crippen LogP contribution in [0.4, 0.5) is 4.79 Å². The zero-order valence-corrected chi connectivity index (χ0v) is 18.6. The van der Waals surface area contributed by atoms with E-state index in [1.54, 1.807) is 6.07 Å². The van der Waals surface area contributed by atoms with Crippen molar-refractivity contribution in [2.24, 2.45) is 5.92 Å². The summed E-state index contributed by atoms with van der Waals surface area (Å²) < 4.78 is 29.2. The van der Waals surface area contributed by atoms with Gasteiger partial charge >= 0.3 is 6.03 Å². The number of carbonyl (C=O) groups excluding carboxylic acids is 1. The van der Waals surface area contributed by atoms with E-state index in [0.717, 1.165) is 53.3 Å². The fourth-order valence-corrected chi connectivity index (χ4v) is 5.56. The van der Waals surface area contributed by atoms with Crippen LogP contribution in [0.5, 0.6) is 0 Å². The molecule has 1 heterocycles. The lowest BCUT2D eigenvalue weighted by molar-refractivity contribution is 0.237. The van der Waals surface area contributed by atoms with Crippen LogP contribution in [0.2, 0.25) is 0 Å². The molecule has 1 fully saturated rings. The molecule has 0 unspecified atom stereocenters. The van der Waals surface area contributed by atoms with E-state index >= 15 is 0 Å². The number of pyridine rings is 1. The molecule has 1 saturated carbocycles. The van der Waals surface area contributed by atoms with Gasteiger partial charge in [-0.1, -0.05) is 13.8 Å². The van der Waals surface area contributed by atoms with Gasteiger partial charge in [0, 0.05) is 41.7 Å². The van der Waals surface area contributed by atoms with Crippen LogP contribution in [-0.2, 0) is 16.4 Å². The summed E-state index contributed by atoms with van der Waals surface area (Å²) in [6.45, 7) is 6.73. The molecule has 1 aromatic heterocycles. The third-order valence-corrected chi connectivity index (χ3v) is 7.28. The predicted octanol–water partition coefficient (Wildman–Crippen LogP) is 3.35. The SMILES string of the molecule is CCNC(=O)N[C@@H]1CCc2c1cc(S(=O)(=O)NCC(C)C)c1cc(C3CC3)ncc21. The lowest BCUT2D eigenvalue weighted by Gasteiger charge is -2.18. The van der Waals surface area contributed by atoms with Crippen LogP contribution in [0.1, 0.15) is 68.8 Å². The van der Waals surface area contributed by atoms with Crippen molar-refractivity contribution >= 4 is 26.8 Å². The summed E-state index contributed by atoms with van der Waals surface area (Å²) in [6.07, 6.45) is 5.57. The Morgan fingerprint density at radius 3 is 2.63 bits per heavy atom. The number of hydrogen-bond acceptors (Lipinski definition) is 4. The summed E-state index contributed by atoms with van der Waals surface area (Å²) in [5.41, 5.74) is 2.93. The zero-order valence-electron chi connectivity index (χ0n) is 17.8. The molecule has 7 nitrogen and oxygen atoms in total. The first-order chi connectivity index (χ1) is 14.3. The summed E-state index contributed by atoms with van der Waals surface area (Å²) in [5, 5.41) is 7.35. The minimum absolute atomic E-state index is 0.205. The molecular formula is C22H30N4O3S. The molecule has 2 aromatic rings. The number of carbonyl (C=O) groups is 1. The number of nitrogens with one attached hydrogen (secondary N) is 3. The second kappa shape index (κ2) is 8.15. The standard InChI is InChI=1S/C22H30N4O3S/c1-4-23-22(27)26-19-8-7-15-16(19)10-21(30(28,29)25-11-13(2)3)17-9-20(14-5-6-14)24-12-18(15)17/h9-10,12-14,19,25H,4-8,11H2,1-3H3,(H2,23,26,27)/t19-/m1/s1. The average Bonchev–Trinajstić information content (AvgIpc) is 3.47. The number of aromatic nitrogens is 1. The van der Waals surface area contributed by atoms with Crippen molar-refractivity contribution in [1.29, 1.82) is 0 Å². The van der Waals surface area contributed by atoms with Crippen molar-refractivity contribution in [3.63, 3.8) is 0 Å². The maximum absolute atomic E-state index is 13.2. The first-order valence-corrected chi connectivity index (χ1v) is 12.3. The Balaban J connectivity index is 1.82. The van der Waals surface area contributed by atoms with Gasteiger partial charge in [0.05, 0.1) is 10.9 Å². The Morgan fingerprint density at radius 2 is 1.97 bits per heavy atom. The van der Waals surface area contributed by atoms with Crippen molar-refractivity contribution < 1.29 is 13.2 Å². The van der Waals surface area contributed by atoms with E-state index < -0.39 is 10.0 Å². The van der Waals surface area contributed by atoms with Gasteiger partial charge in [-0.2, -0.15) is 0 Å². The highest BCUT2D eigenvalue weighted by Gasteiger charge is 2.31. The van der Waals surface area contributed by atoms with Gasteiger partial charge in [-0.05, 0) is 61.8 Å². The van der Waals surface area contributed by atoms with Gasteiger partial charge in [0.15, 0.2) is 0 Å². The number of fused-ring (bicyclic) bond motifs is 3. The van der Waals surface area contributed by atoms with Gasteiger partial charge in [-0.3, -0.25) is 4.98 Å². The first kappa shape index (κ1) is 21.1. The van der Waals surface area contributed by atoms with E-state index in [9.17, 15) is 13.2 Å². The number of nitrogens with zero attached hydrogens (tertiary/aromatic N) is 1. The van der Waals surface area contributed by atoms with Crippen LogP contribution >= 0.6 is 0 Å². The van der Waals surface area contributed by atoms with E-state index in [2.05, 4.69) is 20.3 Å². The monoisotopic (exact) mass is 430 g/mol. The van der Waals surface area contributed by atoms with Crippen molar-refractivity contribution in [2.45, 2.75) is 63.3 Å². The van der Waals surface area contributed by atoms with Gasteiger partial charge in [0.2, 0.25) is 10.0 Å². The van der Waals surface area contributed by atoms with Crippen molar-refractivity contribution in [1.82, 2.24) is 20.3 Å². The average molecular weight is 431 g/mol. The molecule has 0 aliphatic heterocycles. The molecule has 2 aliphatic carbocycles. The van der Waals surface area contributed by atoms with E-state index in [1.807, 2.05) is 33.0 Å². The normalized spacial score (nSPS) is 18.6. The summed E-state index contributed by atoms with van der Waals surface area (Å²) >= 11 is 0. The number of sulfonamides is 1. The maximum Gasteiger partial charge on any atom is 0.315 e. The van der Waals surface area contributed by atoms with Gasteiger partial charge in [0.25, 0.3) is 0 Å². The Labute approximate surface area is 178 Å². The zero-order chi connectivity index (χ0) is 21.5. The van der Waals surface area contributed by atoms with Crippen LogP contribution in [0.25, 0.3) is 10.8 Å². The molecule has 2 amide bonds. The summed E-state index contributed by atoms with van der Waals surface area (Å²) in [6, 6.07) is 3.28. The van der Waals surface area contributed by atoms with Crippen LogP contribution in [0.3, 0.4) is 0 Å². The molecular weight excluding hydrogens is 400 g/mol. The van der Waals surface area contributed by atoms with Crippen molar-refractivity contribution in [3.8, 4) is 0 Å². The lowest BCUT2D eigenvalue weighted by atomic mass is 10.0. The van der Waals surface area contributed by atoms with E-state index in [1.165, 1.54) is 0 Å². The van der Waals surface area contributed by atoms with Gasteiger partial charge < -0.3 is 10.6 Å². The minimum atomic E-state index is -3.69. The number of benzene rings is 1. The molecule has 1 aromatic carbocycles. The summed E-state index contributed by atoms with van der Waals surface area (Å²) in [7, 11) is -3.69. The molecule has 30 heavy (non-hydrogen) atoms. The Kier molecular flexibility index (Phi) is 5.72. The molecule has 0 saturated heterocycles. The molecule has 0 bridgehead atoms. The third kappa shape index (κ3) is 4.16. The Bertz CT molecular complexity index is 1080. The molecule has 8 heteroatoms. The Morgan fingerprint density at radius 1 is 1.20 bits per heavy atom. The molecule has 2 aliphatic rings. The molecule has 0 radical (unpaired) electrons. The van der Waals surface area contributed by atoms with E-state index in [4.69, 9.17) is 0 Å². The van der Waals surface area contributed by atoms with E-state index in [0.29, 0.717) is 19.0 Å². The summed E-state index contributed by atoms with van der Waals surface area (Å²) in [4.78, 5) is 17.0. The highest BCUT2D eigenvalue weighted by Crippen LogP contribution is 2.43. The second-order valence-corrected chi connectivity index (χ2v) is 10.4. The highest BCUT2D eigenvalue weighted by atomic mass is 32.2. The smallest absolute Gasteiger partial charge is 0.315 e. The number of aryl methyl sites for hydroxylation is 1. The lowest BCUT2D eigenvalue weighted by Crippen LogP contribution is -2.37. The van der Waals surface area contributed by atoms with Gasteiger partial charge in [-0.15, -0.1) is 0 Å². The first-order valence-electron chi connectivity index (χ1n) is 10.8. The molecule has 162 valence electrons. The van der Waals surface area contributed by atoms with Crippen LogP contribution in [-0.4, -0.2) is 32.5 Å². The van der Waals surface area contributed by atoms with Crippen molar-refractivity contribution in [2.75, 3.05) is 13.1 Å². The summed E-state index contributed by atoms with van der Waals surface area (Å²) in [5.74, 6) is 0.644. The van der Waals surface area contributed by atoms with Gasteiger partial charge in [-0.25, -0.2) is 17.9 Å². The molecule has 0 spiro atoms. The number of rotatable bonds is 7. The van der Waals surface area contributed by atoms with Crippen LogP contribution < -0.4 is 15.4 Å². The van der Waals surface area contributed by atoms with Crippen molar-refractivity contribution in [3.05, 3.63) is 35.2 Å². The predicted molar refractivity (Wildman–Crippen MR) is 117 cm³/mol. The van der Waals surface area contributed by atoms with Crippen LogP contribution in [0, 0.1) is 5.92 Å². The van der Waals surface area contributed by atoms with E-state index in [-0.39, 0.29) is 22.9 Å². The fraction of sp³-hybridized carbons (Fsp3) is 0.545. The quantitative estimate of drug-likeness (QED) is 0.627. The fourth-order valence-electron chi connectivity index (χ4n) is 4.11. The molecule has 1 atom stereocenters. The third-order valence-electron chi connectivity index (χ3n) is 5.82.